The quantitative estimate of drug-likeness (QED) is 0.724. The smallest absolute Gasteiger partial charge is 0.176 e. The van der Waals surface area contributed by atoms with Crippen LogP contribution in [0.2, 0.25) is 0 Å². The molecule has 0 aliphatic carbocycles. The Morgan fingerprint density at radius 2 is 2.08 bits per heavy atom. The van der Waals surface area contributed by atoms with E-state index in [1.165, 1.54) is 0 Å². The summed E-state index contributed by atoms with van der Waals surface area (Å²) in [6, 6.07) is 1.77. The summed E-state index contributed by atoms with van der Waals surface area (Å²) < 4.78 is 10.1. The zero-order valence-electron chi connectivity index (χ0n) is 7.19. The zero-order valence-corrected chi connectivity index (χ0v) is 8.01. The Balaban J connectivity index is 2.63. The number of thiophene rings is 1. The van der Waals surface area contributed by atoms with Crippen LogP contribution in [0.25, 0.3) is 0 Å². The molecule has 0 saturated heterocycles. The van der Waals surface area contributed by atoms with Gasteiger partial charge >= 0.3 is 0 Å². The molecule has 68 valence electrons. The number of rotatable bonds is 4. The van der Waals surface area contributed by atoms with Gasteiger partial charge in [-0.05, 0) is 22.4 Å². The summed E-state index contributed by atoms with van der Waals surface area (Å²) in [4.78, 5) is 0. The lowest BCUT2D eigenvalue weighted by Crippen LogP contribution is -2.29. The number of hydrogen-bond donors (Lipinski definition) is 1. The lowest BCUT2D eigenvalue weighted by molar-refractivity contribution is -0.117. The first kappa shape index (κ1) is 9.67. The molecular formula is C8H13NO2S. The van der Waals surface area contributed by atoms with Gasteiger partial charge in [-0.1, -0.05) is 0 Å². The average molecular weight is 187 g/mol. The van der Waals surface area contributed by atoms with Crippen molar-refractivity contribution in [1.29, 1.82) is 0 Å². The van der Waals surface area contributed by atoms with Gasteiger partial charge in [0, 0.05) is 14.2 Å². The highest BCUT2D eigenvalue weighted by Crippen LogP contribution is 2.19. The van der Waals surface area contributed by atoms with Gasteiger partial charge in [0.25, 0.3) is 0 Å². The van der Waals surface area contributed by atoms with E-state index in [4.69, 9.17) is 15.2 Å². The van der Waals surface area contributed by atoms with Gasteiger partial charge in [0.15, 0.2) is 6.29 Å². The van der Waals surface area contributed by atoms with Crippen LogP contribution >= 0.6 is 11.3 Å². The van der Waals surface area contributed by atoms with Gasteiger partial charge in [-0.2, -0.15) is 11.3 Å². The Morgan fingerprint density at radius 3 is 2.50 bits per heavy atom. The van der Waals surface area contributed by atoms with Crippen LogP contribution in [-0.4, -0.2) is 20.5 Å². The molecule has 1 aromatic heterocycles. The molecule has 0 amide bonds. The summed E-state index contributed by atoms with van der Waals surface area (Å²) in [7, 11) is 3.17. The molecule has 0 saturated carbocycles. The van der Waals surface area contributed by atoms with Crippen LogP contribution in [0.15, 0.2) is 16.8 Å². The van der Waals surface area contributed by atoms with Gasteiger partial charge in [-0.15, -0.1) is 0 Å². The van der Waals surface area contributed by atoms with E-state index >= 15 is 0 Å². The summed E-state index contributed by atoms with van der Waals surface area (Å²) in [6.07, 6.45) is -0.361. The van der Waals surface area contributed by atoms with Crippen molar-refractivity contribution in [2.24, 2.45) is 5.73 Å². The number of nitrogens with two attached hydrogens (primary N) is 1. The molecule has 2 N–H and O–H groups in total. The standard InChI is InChI=1S/C8H13NO2S/c1-10-8(11-2)7(9)6-3-4-12-5-6/h3-5,7-8H,9H2,1-2H3. The van der Waals surface area contributed by atoms with Gasteiger partial charge < -0.3 is 15.2 Å². The summed E-state index contributed by atoms with van der Waals surface area (Å²) >= 11 is 1.62. The van der Waals surface area contributed by atoms with Crippen molar-refractivity contribution in [3.8, 4) is 0 Å². The molecule has 3 nitrogen and oxygen atoms in total. The second kappa shape index (κ2) is 4.57. The molecule has 1 aromatic rings. The van der Waals surface area contributed by atoms with Crippen molar-refractivity contribution >= 4 is 11.3 Å². The summed E-state index contributed by atoms with van der Waals surface area (Å²) in [5.41, 5.74) is 6.91. The number of methoxy groups -OCH3 is 2. The summed E-state index contributed by atoms with van der Waals surface area (Å²) in [5, 5.41) is 3.98. The Bertz CT molecular complexity index is 209. The van der Waals surface area contributed by atoms with E-state index in [9.17, 15) is 0 Å². The molecule has 0 aliphatic rings. The maximum absolute atomic E-state index is 5.86. The normalized spacial score (nSPS) is 13.7. The third-order valence-electron chi connectivity index (χ3n) is 1.69. The molecule has 1 rings (SSSR count). The fraction of sp³-hybridized carbons (Fsp3) is 0.500. The second-order valence-electron chi connectivity index (χ2n) is 2.42. The van der Waals surface area contributed by atoms with Crippen LogP contribution in [0.3, 0.4) is 0 Å². The van der Waals surface area contributed by atoms with Crippen LogP contribution < -0.4 is 5.73 Å². The molecule has 0 fully saturated rings. The first-order valence-corrected chi connectivity index (χ1v) is 4.57. The predicted molar refractivity (Wildman–Crippen MR) is 49.1 cm³/mol. The van der Waals surface area contributed by atoms with Gasteiger partial charge in [-0.25, -0.2) is 0 Å². The summed E-state index contributed by atoms with van der Waals surface area (Å²) in [5.74, 6) is 0. The van der Waals surface area contributed by atoms with Crippen LogP contribution in [-0.2, 0) is 9.47 Å². The molecule has 4 heteroatoms. The van der Waals surface area contributed by atoms with Gasteiger partial charge in [-0.3, -0.25) is 0 Å². The van der Waals surface area contributed by atoms with Crippen molar-refractivity contribution in [2.45, 2.75) is 12.3 Å². The average Bonchev–Trinajstić information content (AvgIpc) is 2.58. The molecule has 0 radical (unpaired) electrons. The fourth-order valence-electron chi connectivity index (χ4n) is 1.01. The largest absolute Gasteiger partial charge is 0.354 e. The van der Waals surface area contributed by atoms with Crippen molar-refractivity contribution in [2.75, 3.05) is 14.2 Å². The van der Waals surface area contributed by atoms with Crippen molar-refractivity contribution in [3.05, 3.63) is 22.4 Å². The van der Waals surface area contributed by atoms with Gasteiger partial charge in [0.1, 0.15) is 0 Å². The van der Waals surface area contributed by atoms with Crippen molar-refractivity contribution in [1.82, 2.24) is 0 Å². The first-order chi connectivity index (χ1) is 5.79. The number of ether oxygens (including phenoxy) is 2. The topological polar surface area (TPSA) is 44.5 Å². The monoisotopic (exact) mass is 187 g/mol. The molecule has 1 unspecified atom stereocenters. The highest BCUT2D eigenvalue weighted by molar-refractivity contribution is 7.07. The van der Waals surface area contributed by atoms with Crippen LogP contribution in [0.4, 0.5) is 0 Å². The fourth-order valence-corrected chi connectivity index (χ4v) is 1.72. The van der Waals surface area contributed by atoms with Crippen molar-refractivity contribution < 1.29 is 9.47 Å². The highest BCUT2D eigenvalue weighted by atomic mass is 32.1. The third-order valence-corrected chi connectivity index (χ3v) is 2.39. The van der Waals surface area contributed by atoms with E-state index in [1.807, 2.05) is 16.8 Å². The minimum absolute atomic E-state index is 0.203. The zero-order chi connectivity index (χ0) is 8.97. The second-order valence-corrected chi connectivity index (χ2v) is 3.20. The minimum Gasteiger partial charge on any atom is -0.354 e. The molecule has 0 aromatic carbocycles. The van der Waals surface area contributed by atoms with E-state index in [0.29, 0.717) is 0 Å². The maximum Gasteiger partial charge on any atom is 0.176 e. The predicted octanol–water partition coefficient (Wildman–Crippen LogP) is 1.37. The Hall–Kier alpha value is -0.420. The molecule has 0 spiro atoms. The summed E-state index contributed by atoms with van der Waals surface area (Å²) in [6.45, 7) is 0. The molecule has 0 bridgehead atoms. The van der Waals surface area contributed by atoms with Crippen LogP contribution in [0, 0.1) is 0 Å². The van der Waals surface area contributed by atoms with Gasteiger partial charge in [0.05, 0.1) is 6.04 Å². The lowest BCUT2D eigenvalue weighted by atomic mass is 10.1. The Morgan fingerprint density at radius 1 is 1.42 bits per heavy atom. The molecule has 0 aliphatic heterocycles. The van der Waals surface area contributed by atoms with Crippen LogP contribution in [0.1, 0.15) is 11.6 Å². The van der Waals surface area contributed by atoms with E-state index < -0.39 is 0 Å². The van der Waals surface area contributed by atoms with E-state index in [-0.39, 0.29) is 12.3 Å². The third kappa shape index (κ3) is 2.04. The highest BCUT2D eigenvalue weighted by Gasteiger charge is 2.18. The molecule has 1 heterocycles. The van der Waals surface area contributed by atoms with E-state index in [0.717, 1.165) is 5.56 Å². The van der Waals surface area contributed by atoms with Crippen LogP contribution in [0.5, 0.6) is 0 Å². The maximum atomic E-state index is 5.86. The first-order valence-electron chi connectivity index (χ1n) is 3.63. The van der Waals surface area contributed by atoms with E-state index in [2.05, 4.69) is 0 Å². The SMILES string of the molecule is COC(OC)C(N)c1ccsc1. The minimum atomic E-state index is -0.361. The van der Waals surface area contributed by atoms with Crippen molar-refractivity contribution in [3.63, 3.8) is 0 Å². The van der Waals surface area contributed by atoms with Gasteiger partial charge in [0.2, 0.25) is 0 Å². The lowest BCUT2D eigenvalue weighted by Gasteiger charge is -2.19. The Labute approximate surface area is 76.1 Å². The van der Waals surface area contributed by atoms with E-state index in [1.54, 1.807) is 25.6 Å². The molecule has 1 atom stereocenters. The molecular weight excluding hydrogens is 174 g/mol. The molecule has 12 heavy (non-hydrogen) atoms. The Kier molecular flexibility index (Phi) is 3.68. The number of hydrogen-bond acceptors (Lipinski definition) is 4.